The predicted octanol–water partition coefficient (Wildman–Crippen LogP) is 2.02. The summed E-state index contributed by atoms with van der Waals surface area (Å²) in [7, 11) is 0. The van der Waals surface area contributed by atoms with E-state index in [1.54, 1.807) is 6.07 Å². The van der Waals surface area contributed by atoms with Crippen LogP contribution in [0.1, 0.15) is 10.4 Å². The minimum absolute atomic E-state index is 0.257. The Bertz CT molecular complexity index is 417. The van der Waals surface area contributed by atoms with Crippen LogP contribution in [0.5, 0.6) is 0 Å². The van der Waals surface area contributed by atoms with E-state index in [0.29, 0.717) is 10.7 Å². The Labute approximate surface area is 84.0 Å². The van der Waals surface area contributed by atoms with E-state index >= 15 is 0 Å². The molecular formula is C8H3Cl2NO2. The third-order valence-corrected chi connectivity index (χ3v) is 2.36. The van der Waals surface area contributed by atoms with Gasteiger partial charge in [0.2, 0.25) is 0 Å². The lowest BCUT2D eigenvalue weighted by atomic mass is 10.1. The van der Waals surface area contributed by atoms with Crippen molar-refractivity contribution in [1.82, 2.24) is 0 Å². The van der Waals surface area contributed by atoms with Crippen LogP contribution in [-0.2, 0) is 4.79 Å². The number of hydrogen-bond donors (Lipinski definition) is 0. The van der Waals surface area contributed by atoms with Crippen LogP contribution in [0.25, 0.3) is 0 Å². The number of benzene rings is 1. The normalized spacial score (nSPS) is 15.1. The molecule has 0 N–H and O–H groups in total. The van der Waals surface area contributed by atoms with E-state index in [4.69, 9.17) is 23.4 Å². The zero-order valence-electron chi connectivity index (χ0n) is 6.25. The molecule has 0 saturated carbocycles. The lowest BCUT2D eigenvalue weighted by molar-refractivity contribution is -0.113. The van der Waals surface area contributed by atoms with Crippen LogP contribution in [0.2, 0.25) is 5.02 Å². The number of anilines is 1. The average molecular weight is 216 g/mol. The second kappa shape index (κ2) is 2.72. The fourth-order valence-electron chi connectivity index (χ4n) is 1.18. The molecule has 13 heavy (non-hydrogen) atoms. The maximum absolute atomic E-state index is 11.2. The van der Waals surface area contributed by atoms with Crippen molar-refractivity contribution in [1.29, 1.82) is 0 Å². The van der Waals surface area contributed by atoms with Gasteiger partial charge in [-0.15, -0.1) is 0 Å². The van der Waals surface area contributed by atoms with Gasteiger partial charge < -0.3 is 0 Å². The van der Waals surface area contributed by atoms with Crippen LogP contribution in [0.3, 0.4) is 0 Å². The Morgan fingerprint density at radius 3 is 2.62 bits per heavy atom. The third-order valence-electron chi connectivity index (χ3n) is 1.79. The van der Waals surface area contributed by atoms with Crippen molar-refractivity contribution in [3.63, 3.8) is 0 Å². The highest BCUT2D eigenvalue weighted by Crippen LogP contribution is 2.32. The van der Waals surface area contributed by atoms with Crippen molar-refractivity contribution in [2.24, 2.45) is 0 Å². The SMILES string of the molecule is O=C1C(=O)N(Cl)c2ccc(Cl)cc21. The van der Waals surface area contributed by atoms with Gasteiger partial charge in [0.05, 0.1) is 11.3 Å². The van der Waals surface area contributed by atoms with E-state index in [1.165, 1.54) is 12.1 Å². The van der Waals surface area contributed by atoms with Crippen molar-refractivity contribution in [2.45, 2.75) is 0 Å². The second-order valence-electron chi connectivity index (χ2n) is 2.58. The van der Waals surface area contributed by atoms with Gasteiger partial charge in [-0.1, -0.05) is 11.6 Å². The zero-order valence-corrected chi connectivity index (χ0v) is 7.76. The molecule has 0 fully saturated rings. The van der Waals surface area contributed by atoms with Crippen LogP contribution in [0.15, 0.2) is 18.2 Å². The predicted molar refractivity (Wildman–Crippen MR) is 49.1 cm³/mol. The van der Waals surface area contributed by atoms with E-state index in [0.717, 1.165) is 4.42 Å². The van der Waals surface area contributed by atoms with Gasteiger partial charge >= 0.3 is 5.91 Å². The van der Waals surface area contributed by atoms with Crippen LogP contribution in [0.4, 0.5) is 5.69 Å². The van der Waals surface area contributed by atoms with E-state index in [9.17, 15) is 9.59 Å². The first kappa shape index (κ1) is 8.53. The number of amides is 1. The fraction of sp³-hybridized carbons (Fsp3) is 0. The van der Waals surface area contributed by atoms with Gasteiger partial charge in [-0.2, -0.15) is 0 Å². The summed E-state index contributed by atoms with van der Waals surface area (Å²) in [6.07, 6.45) is 0. The maximum atomic E-state index is 11.2. The maximum Gasteiger partial charge on any atom is 0.314 e. The molecule has 0 unspecified atom stereocenters. The second-order valence-corrected chi connectivity index (χ2v) is 3.35. The fourth-order valence-corrected chi connectivity index (χ4v) is 1.57. The molecule has 66 valence electrons. The van der Waals surface area contributed by atoms with Crippen molar-refractivity contribution in [3.05, 3.63) is 28.8 Å². The molecule has 3 nitrogen and oxygen atoms in total. The number of halogens is 2. The molecule has 0 aliphatic carbocycles. The van der Waals surface area contributed by atoms with Crippen molar-refractivity contribution < 1.29 is 9.59 Å². The monoisotopic (exact) mass is 215 g/mol. The van der Waals surface area contributed by atoms with Gasteiger partial charge in [-0.05, 0) is 18.2 Å². The molecule has 5 heteroatoms. The summed E-state index contributed by atoms with van der Waals surface area (Å²) >= 11 is 11.2. The largest absolute Gasteiger partial charge is 0.314 e. The van der Waals surface area contributed by atoms with Crippen LogP contribution in [-0.4, -0.2) is 11.7 Å². The van der Waals surface area contributed by atoms with Crippen LogP contribution < -0.4 is 4.42 Å². The zero-order chi connectivity index (χ0) is 9.59. The lowest BCUT2D eigenvalue weighted by Crippen LogP contribution is -2.19. The highest BCUT2D eigenvalue weighted by atomic mass is 35.5. The molecule has 0 atom stereocenters. The van der Waals surface area contributed by atoms with Gasteiger partial charge in [-0.3, -0.25) is 9.59 Å². The van der Waals surface area contributed by atoms with Crippen molar-refractivity contribution >= 4 is 40.8 Å². The molecule has 0 saturated heterocycles. The third kappa shape index (κ3) is 1.12. The topological polar surface area (TPSA) is 37.4 Å². The summed E-state index contributed by atoms with van der Waals surface area (Å²) in [6, 6.07) is 4.54. The molecule has 1 aromatic rings. The minimum atomic E-state index is -0.737. The van der Waals surface area contributed by atoms with Gasteiger partial charge in [0.25, 0.3) is 5.78 Å². The number of fused-ring (bicyclic) bond motifs is 1. The molecule has 0 aromatic heterocycles. The first-order valence-electron chi connectivity index (χ1n) is 3.45. The molecule has 2 rings (SSSR count). The number of carbonyl (C=O) groups is 2. The Morgan fingerprint density at radius 2 is 1.92 bits per heavy atom. The molecule has 1 heterocycles. The Kier molecular flexibility index (Phi) is 1.78. The van der Waals surface area contributed by atoms with Gasteiger partial charge in [-0.25, -0.2) is 4.42 Å². The number of rotatable bonds is 0. The summed E-state index contributed by atoms with van der Waals surface area (Å²) in [5.41, 5.74) is 0.647. The van der Waals surface area contributed by atoms with Gasteiger partial charge in [0.15, 0.2) is 0 Å². The molecule has 0 radical (unpaired) electrons. The lowest BCUT2D eigenvalue weighted by Gasteiger charge is -2.03. The number of nitrogens with zero attached hydrogens (tertiary/aromatic N) is 1. The number of carbonyl (C=O) groups excluding carboxylic acids is 2. The Morgan fingerprint density at radius 1 is 1.23 bits per heavy atom. The first-order valence-corrected chi connectivity index (χ1v) is 4.17. The van der Waals surface area contributed by atoms with E-state index in [-0.39, 0.29) is 5.56 Å². The van der Waals surface area contributed by atoms with Gasteiger partial charge in [0, 0.05) is 16.8 Å². The first-order chi connectivity index (χ1) is 6.11. The highest BCUT2D eigenvalue weighted by molar-refractivity contribution is 6.61. The van der Waals surface area contributed by atoms with E-state index in [2.05, 4.69) is 0 Å². The molecule has 0 spiro atoms. The smallest absolute Gasteiger partial charge is 0.283 e. The summed E-state index contributed by atoms with van der Waals surface area (Å²) in [5, 5.41) is 0.409. The molecule has 0 bridgehead atoms. The highest BCUT2D eigenvalue weighted by Gasteiger charge is 2.35. The van der Waals surface area contributed by atoms with Crippen molar-refractivity contribution in [3.8, 4) is 0 Å². The standard InChI is InChI=1S/C8H3Cl2NO2/c9-4-1-2-6-5(3-4)7(12)8(13)11(6)10/h1-3H. The molecule has 1 amide bonds. The summed E-state index contributed by atoms with van der Waals surface area (Å²) in [6.45, 7) is 0. The van der Waals surface area contributed by atoms with Crippen molar-refractivity contribution in [2.75, 3.05) is 4.42 Å². The minimum Gasteiger partial charge on any atom is -0.283 e. The summed E-state index contributed by atoms with van der Waals surface area (Å²) in [5.74, 6) is -1.36. The summed E-state index contributed by atoms with van der Waals surface area (Å²) in [4.78, 5) is 22.3. The molecule has 1 aliphatic rings. The van der Waals surface area contributed by atoms with E-state index < -0.39 is 11.7 Å². The average Bonchev–Trinajstić information content (AvgIpc) is 2.32. The Balaban J connectivity index is 2.67. The van der Waals surface area contributed by atoms with E-state index in [1.807, 2.05) is 0 Å². The number of ketones is 1. The molecule has 1 aliphatic heterocycles. The van der Waals surface area contributed by atoms with Gasteiger partial charge in [0.1, 0.15) is 0 Å². The molecular weight excluding hydrogens is 213 g/mol. The quantitative estimate of drug-likeness (QED) is 0.491. The number of hydrogen-bond acceptors (Lipinski definition) is 2. The van der Waals surface area contributed by atoms with Crippen LogP contribution >= 0.6 is 23.4 Å². The number of Topliss-reactive ketones (excluding diaryl/α,β-unsaturated/α-hetero) is 1. The summed E-state index contributed by atoms with van der Waals surface area (Å²) < 4.78 is 0.800. The Hall–Kier alpha value is -1.06. The molecule has 1 aromatic carbocycles. The van der Waals surface area contributed by atoms with Crippen LogP contribution in [0, 0.1) is 0 Å².